The number of hydrogen-bond acceptors (Lipinski definition) is 4. The highest BCUT2D eigenvalue weighted by molar-refractivity contribution is 9.10. The Bertz CT molecular complexity index is 471. The van der Waals surface area contributed by atoms with Crippen molar-refractivity contribution in [2.24, 2.45) is 0 Å². The first-order valence-corrected chi connectivity index (χ1v) is 5.77. The van der Waals surface area contributed by atoms with Crippen LogP contribution in [0.25, 0.3) is 0 Å². The fraction of sp³-hybridized carbons (Fsp3) is 0.273. The zero-order valence-electron chi connectivity index (χ0n) is 8.81. The predicted molar refractivity (Wildman–Crippen MR) is 62.2 cm³/mol. The quantitative estimate of drug-likeness (QED) is 0.865. The lowest BCUT2D eigenvalue weighted by molar-refractivity contribution is 0.242. The molecule has 84 valence electrons. The third kappa shape index (κ3) is 2.82. The van der Waals surface area contributed by atoms with Gasteiger partial charge < -0.3 is 9.26 Å². The third-order valence-electron chi connectivity index (χ3n) is 1.98. The number of rotatable bonds is 4. The molecule has 0 saturated carbocycles. The summed E-state index contributed by atoms with van der Waals surface area (Å²) in [6, 6.07) is 7.61. The lowest BCUT2D eigenvalue weighted by Crippen LogP contribution is -1.95. The van der Waals surface area contributed by atoms with Crippen molar-refractivity contribution in [3.05, 3.63) is 40.5 Å². The Balaban J connectivity index is 1.96. The van der Waals surface area contributed by atoms with Crippen LogP contribution in [0.3, 0.4) is 0 Å². The van der Waals surface area contributed by atoms with E-state index in [1.165, 1.54) is 0 Å². The zero-order chi connectivity index (χ0) is 11.4. The van der Waals surface area contributed by atoms with E-state index in [0.717, 1.165) is 16.6 Å². The summed E-state index contributed by atoms with van der Waals surface area (Å²) in [5.74, 6) is 1.97. The van der Waals surface area contributed by atoms with Gasteiger partial charge in [0.05, 0.1) is 0 Å². The van der Waals surface area contributed by atoms with Crippen molar-refractivity contribution in [3.63, 3.8) is 0 Å². The third-order valence-corrected chi connectivity index (χ3v) is 2.48. The lowest BCUT2D eigenvalue weighted by Gasteiger charge is -2.02. The zero-order valence-corrected chi connectivity index (χ0v) is 10.4. The summed E-state index contributed by atoms with van der Waals surface area (Å²) < 4.78 is 11.5. The topological polar surface area (TPSA) is 48.2 Å². The summed E-state index contributed by atoms with van der Waals surface area (Å²) in [6.07, 6.45) is 0.764. The summed E-state index contributed by atoms with van der Waals surface area (Å²) >= 11 is 3.37. The minimum absolute atomic E-state index is 0.295. The van der Waals surface area contributed by atoms with E-state index in [2.05, 4.69) is 26.1 Å². The molecule has 4 nitrogen and oxygen atoms in total. The van der Waals surface area contributed by atoms with Crippen molar-refractivity contribution in [2.75, 3.05) is 0 Å². The van der Waals surface area contributed by atoms with Crippen LogP contribution >= 0.6 is 15.9 Å². The Hall–Kier alpha value is -1.36. The first-order chi connectivity index (χ1) is 7.78. The maximum atomic E-state index is 5.50. The number of aryl methyl sites for hydroxylation is 1. The molecule has 0 aliphatic carbocycles. The van der Waals surface area contributed by atoms with Gasteiger partial charge in [-0.2, -0.15) is 4.98 Å². The molecule has 1 heterocycles. The normalized spacial score (nSPS) is 10.4. The van der Waals surface area contributed by atoms with Gasteiger partial charge in [-0.25, -0.2) is 0 Å². The summed E-state index contributed by atoms with van der Waals surface area (Å²) in [5, 5.41) is 3.79. The van der Waals surface area contributed by atoms with Crippen LogP contribution in [0, 0.1) is 0 Å². The summed E-state index contributed by atoms with van der Waals surface area (Å²) in [6.45, 7) is 2.27. The standard InChI is InChI=1S/C11H11BrN2O2/c1-2-10-13-11(16-14-10)7-15-9-5-3-4-8(12)6-9/h3-6H,2,7H2,1H3. The monoisotopic (exact) mass is 282 g/mol. The summed E-state index contributed by atoms with van der Waals surface area (Å²) in [7, 11) is 0. The highest BCUT2D eigenvalue weighted by atomic mass is 79.9. The fourth-order valence-corrected chi connectivity index (χ4v) is 1.57. The van der Waals surface area contributed by atoms with Crippen LogP contribution in [0.5, 0.6) is 5.75 Å². The minimum Gasteiger partial charge on any atom is -0.484 e. The lowest BCUT2D eigenvalue weighted by atomic mass is 10.3. The van der Waals surface area contributed by atoms with Crippen LogP contribution in [-0.2, 0) is 13.0 Å². The van der Waals surface area contributed by atoms with Gasteiger partial charge in [-0.15, -0.1) is 0 Å². The van der Waals surface area contributed by atoms with Crippen LogP contribution in [0.2, 0.25) is 0 Å². The molecular formula is C11H11BrN2O2. The first-order valence-electron chi connectivity index (χ1n) is 4.97. The maximum Gasteiger partial charge on any atom is 0.264 e. The number of hydrogen-bond donors (Lipinski definition) is 0. The molecule has 0 fully saturated rings. The Kier molecular flexibility index (Phi) is 3.56. The fourth-order valence-electron chi connectivity index (χ4n) is 1.19. The van der Waals surface area contributed by atoms with Crippen LogP contribution in [-0.4, -0.2) is 10.1 Å². The highest BCUT2D eigenvalue weighted by Crippen LogP contribution is 2.18. The number of halogens is 1. The molecule has 0 bridgehead atoms. The van der Waals surface area contributed by atoms with Crippen molar-refractivity contribution in [3.8, 4) is 5.75 Å². The Morgan fingerprint density at radius 2 is 2.31 bits per heavy atom. The molecule has 2 rings (SSSR count). The molecular weight excluding hydrogens is 272 g/mol. The number of ether oxygens (including phenoxy) is 1. The molecule has 0 N–H and O–H groups in total. The first kappa shape index (κ1) is 11.1. The van der Waals surface area contributed by atoms with Gasteiger partial charge in [0.25, 0.3) is 5.89 Å². The van der Waals surface area contributed by atoms with E-state index in [1.807, 2.05) is 31.2 Å². The average molecular weight is 283 g/mol. The van der Waals surface area contributed by atoms with E-state index in [1.54, 1.807) is 0 Å². The number of aromatic nitrogens is 2. The van der Waals surface area contributed by atoms with Gasteiger partial charge in [0, 0.05) is 10.9 Å². The van der Waals surface area contributed by atoms with E-state index in [4.69, 9.17) is 9.26 Å². The molecule has 0 spiro atoms. The molecule has 5 heteroatoms. The summed E-state index contributed by atoms with van der Waals surface area (Å²) in [4.78, 5) is 4.15. The highest BCUT2D eigenvalue weighted by Gasteiger charge is 2.05. The molecule has 0 radical (unpaired) electrons. The van der Waals surface area contributed by atoms with Crippen molar-refractivity contribution in [1.82, 2.24) is 10.1 Å². The van der Waals surface area contributed by atoms with Crippen molar-refractivity contribution < 1.29 is 9.26 Å². The van der Waals surface area contributed by atoms with Gasteiger partial charge in [-0.3, -0.25) is 0 Å². The second-order valence-electron chi connectivity index (χ2n) is 3.20. The largest absolute Gasteiger partial charge is 0.484 e. The number of benzene rings is 1. The molecule has 2 aromatic rings. The SMILES string of the molecule is CCc1noc(COc2cccc(Br)c2)n1. The molecule has 0 saturated heterocycles. The molecule has 0 amide bonds. The Labute approximate surface area is 102 Å². The predicted octanol–water partition coefficient (Wildman–Crippen LogP) is 2.97. The van der Waals surface area contributed by atoms with Gasteiger partial charge in [0.1, 0.15) is 5.75 Å². The Morgan fingerprint density at radius 1 is 1.44 bits per heavy atom. The van der Waals surface area contributed by atoms with E-state index in [0.29, 0.717) is 18.3 Å². The van der Waals surface area contributed by atoms with Crippen LogP contribution in [0.4, 0.5) is 0 Å². The molecule has 0 atom stereocenters. The smallest absolute Gasteiger partial charge is 0.264 e. The molecule has 16 heavy (non-hydrogen) atoms. The van der Waals surface area contributed by atoms with Crippen molar-refractivity contribution >= 4 is 15.9 Å². The second kappa shape index (κ2) is 5.12. The van der Waals surface area contributed by atoms with E-state index in [9.17, 15) is 0 Å². The van der Waals surface area contributed by atoms with E-state index >= 15 is 0 Å². The van der Waals surface area contributed by atoms with Crippen molar-refractivity contribution in [1.29, 1.82) is 0 Å². The van der Waals surface area contributed by atoms with Crippen LogP contribution in [0.1, 0.15) is 18.6 Å². The van der Waals surface area contributed by atoms with Crippen molar-refractivity contribution in [2.45, 2.75) is 20.0 Å². The number of nitrogens with zero attached hydrogens (tertiary/aromatic N) is 2. The van der Waals surface area contributed by atoms with Gasteiger partial charge in [0.15, 0.2) is 12.4 Å². The average Bonchev–Trinajstić information content (AvgIpc) is 2.74. The maximum absolute atomic E-state index is 5.50. The van der Waals surface area contributed by atoms with Crippen LogP contribution in [0.15, 0.2) is 33.3 Å². The second-order valence-corrected chi connectivity index (χ2v) is 4.12. The molecule has 1 aromatic heterocycles. The van der Waals surface area contributed by atoms with Gasteiger partial charge >= 0.3 is 0 Å². The minimum atomic E-state index is 0.295. The van der Waals surface area contributed by atoms with Crippen LogP contribution < -0.4 is 4.74 Å². The Morgan fingerprint density at radius 3 is 3.00 bits per heavy atom. The van der Waals surface area contributed by atoms with Gasteiger partial charge in [0.2, 0.25) is 0 Å². The van der Waals surface area contributed by atoms with Gasteiger partial charge in [-0.1, -0.05) is 34.1 Å². The molecule has 1 aromatic carbocycles. The molecule has 0 aliphatic rings. The summed E-state index contributed by atoms with van der Waals surface area (Å²) in [5.41, 5.74) is 0. The molecule has 0 aliphatic heterocycles. The van der Waals surface area contributed by atoms with E-state index in [-0.39, 0.29) is 0 Å². The van der Waals surface area contributed by atoms with Gasteiger partial charge in [-0.05, 0) is 18.2 Å². The van der Waals surface area contributed by atoms with E-state index < -0.39 is 0 Å². The molecule has 0 unspecified atom stereocenters.